The van der Waals surface area contributed by atoms with E-state index in [1.54, 1.807) is 35.5 Å². The average Bonchev–Trinajstić information content (AvgIpc) is 2.86. The third-order valence-corrected chi connectivity index (χ3v) is 6.65. The lowest BCUT2D eigenvalue weighted by molar-refractivity contribution is -0.116. The SMILES string of the molecule is C[C@@H]1CN([C@H](C)CO)C(=O)c2cc(NC(=O)CCCN(C)C)ccc2O[C@H]1CN(C)Cc1ccncc1. The smallest absolute Gasteiger partial charge is 0.258 e. The summed E-state index contributed by atoms with van der Waals surface area (Å²) in [5, 5.41) is 12.8. The highest BCUT2D eigenvalue weighted by molar-refractivity contribution is 5.99. The van der Waals surface area contributed by atoms with Gasteiger partial charge in [0.2, 0.25) is 5.91 Å². The average molecular weight is 512 g/mol. The molecule has 0 saturated heterocycles. The van der Waals surface area contributed by atoms with Gasteiger partial charge in [0, 0.05) is 50.1 Å². The zero-order chi connectivity index (χ0) is 26.9. The number of aromatic nitrogens is 1. The van der Waals surface area contributed by atoms with E-state index in [9.17, 15) is 14.7 Å². The minimum Gasteiger partial charge on any atom is -0.488 e. The number of likely N-dealkylation sites (N-methyl/N-ethyl adjacent to an activating group) is 1. The lowest BCUT2D eigenvalue weighted by Gasteiger charge is -2.38. The van der Waals surface area contributed by atoms with E-state index in [0.29, 0.717) is 36.5 Å². The minimum absolute atomic E-state index is 0.0297. The third-order valence-electron chi connectivity index (χ3n) is 6.65. The van der Waals surface area contributed by atoms with Gasteiger partial charge in [0.1, 0.15) is 11.9 Å². The largest absolute Gasteiger partial charge is 0.488 e. The number of carbonyl (C=O) groups is 2. The van der Waals surface area contributed by atoms with Gasteiger partial charge in [-0.25, -0.2) is 0 Å². The minimum atomic E-state index is -0.347. The zero-order valence-electron chi connectivity index (χ0n) is 22.7. The topological polar surface area (TPSA) is 98.2 Å². The first-order valence-electron chi connectivity index (χ1n) is 12.9. The second-order valence-corrected chi connectivity index (χ2v) is 10.3. The molecule has 1 aliphatic heterocycles. The van der Waals surface area contributed by atoms with Crippen LogP contribution in [-0.4, -0.2) is 96.1 Å². The Bertz CT molecular complexity index is 1030. The van der Waals surface area contributed by atoms with E-state index in [1.165, 1.54) is 0 Å². The number of aliphatic hydroxyl groups is 1. The van der Waals surface area contributed by atoms with Gasteiger partial charge in [-0.1, -0.05) is 6.92 Å². The van der Waals surface area contributed by atoms with Crippen LogP contribution in [0.5, 0.6) is 5.75 Å². The number of pyridine rings is 1. The number of benzene rings is 1. The van der Waals surface area contributed by atoms with Crippen LogP contribution in [0.2, 0.25) is 0 Å². The second kappa shape index (κ2) is 13.5. The van der Waals surface area contributed by atoms with E-state index in [4.69, 9.17) is 4.74 Å². The fourth-order valence-electron chi connectivity index (χ4n) is 4.47. The Hall–Kier alpha value is -3.01. The lowest BCUT2D eigenvalue weighted by Crippen LogP contribution is -2.49. The number of nitrogens with one attached hydrogen (secondary N) is 1. The van der Waals surface area contributed by atoms with Crippen LogP contribution in [0, 0.1) is 5.92 Å². The quantitative estimate of drug-likeness (QED) is 0.479. The molecule has 37 heavy (non-hydrogen) atoms. The number of aliphatic hydroxyl groups excluding tert-OH is 1. The van der Waals surface area contributed by atoms with Crippen molar-refractivity contribution in [1.82, 2.24) is 19.7 Å². The van der Waals surface area contributed by atoms with Crippen molar-refractivity contribution in [3.05, 3.63) is 53.9 Å². The highest BCUT2D eigenvalue weighted by Gasteiger charge is 2.33. The van der Waals surface area contributed by atoms with E-state index in [-0.39, 0.29) is 36.5 Å². The predicted molar refractivity (Wildman–Crippen MR) is 145 cm³/mol. The van der Waals surface area contributed by atoms with Gasteiger partial charge >= 0.3 is 0 Å². The molecule has 2 amide bonds. The molecule has 3 atom stereocenters. The highest BCUT2D eigenvalue weighted by atomic mass is 16.5. The van der Waals surface area contributed by atoms with Crippen LogP contribution in [0.25, 0.3) is 0 Å². The number of anilines is 1. The van der Waals surface area contributed by atoms with Gasteiger partial charge in [-0.15, -0.1) is 0 Å². The van der Waals surface area contributed by atoms with Gasteiger partial charge < -0.3 is 25.0 Å². The molecule has 9 heteroatoms. The van der Waals surface area contributed by atoms with Gasteiger partial charge in [0.25, 0.3) is 5.91 Å². The molecule has 2 N–H and O–H groups in total. The maximum Gasteiger partial charge on any atom is 0.258 e. The van der Waals surface area contributed by atoms with E-state index >= 15 is 0 Å². The third kappa shape index (κ3) is 8.24. The number of fused-ring (bicyclic) bond motifs is 1. The Morgan fingerprint density at radius 2 is 1.97 bits per heavy atom. The number of carbonyl (C=O) groups excluding carboxylic acids is 2. The van der Waals surface area contributed by atoms with Crippen molar-refractivity contribution in [3.63, 3.8) is 0 Å². The first-order chi connectivity index (χ1) is 17.7. The van der Waals surface area contributed by atoms with Crippen molar-refractivity contribution < 1.29 is 19.4 Å². The summed E-state index contributed by atoms with van der Waals surface area (Å²) in [7, 11) is 6.00. The lowest BCUT2D eigenvalue weighted by atomic mass is 9.99. The highest BCUT2D eigenvalue weighted by Crippen LogP contribution is 2.31. The van der Waals surface area contributed by atoms with E-state index in [2.05, 4.69) is 22.1 Å². The number of hydrogen-bond donors (Lipinski definition) is 2. The second-order valence-electron chi connectivity index (χ2n) is 10.3. The van der Waals surface area contributed by atoms with Crippen LogP contribution in [0.15, 0.2) is 42.7 Å². The molecular weight excluding hydrogens is 470 g/mol. The van der Waals surface area contributed by atoms with Crippen LogP contribution < -0.4 is 10.1 Å². The van der Waals surface area contributed by atoms with Crippen molar-refractivity contribution in [2.24, 2.45) is 5.92 Å². The van der Waals surface area contributed by atoms with Gasteiger partial charge in [0.15, 0.2) is 0 Å². The van der Waals surface area contributed by atoms with Crippen molar-refractivity contribution in [1.29, 1.82) is 0 Å². The number of rotatable bonds is 11. The summed E-state index contributed by atoms with van der Waals surface area (Å²) in [4.78, 5) is 36.1. The summed E-state index contributed by atoms with van der Waals surface area (Å²) < 4.78 is 6.46. The normalized spacial score (nSPS) is 18.7. The molecule has 0 aliphatic carbocycles. The Labute approximate surface area is 220 Å². The number of amides is 2. The predicted octanol–water partition coefficient (Wildman–Crippen LogP) is 2.71. The molecule has 202 valence electrons. The molecule has 1 aliphatic rings. The monoisotopic (exact) mass is 511 g/mol. The molecule has 0 fully saturated rings. The van der Waals surface area contributed by atoms with Gasteiger partial charge in [-0.3, -0.25) is 19.5 Å². The van der Waals surface area contributed by atoms with Crippen LogP contribution in [0.1, 0.15) is 42.6 Å². The van der Waals surface area contributed by atoms with E-state index in [1.807, 2.05) is 45.1 Å². The number of ether oxygens (including phenoxy) is 1. The first kappa shape index (κ1) is 28.6. The zero-order valence-corrected chi connectivity index (χ0v) is 22.7. The van der Waals surface area contributed by atoms with E-state index < -0.39 is 0 Å². The van der Waals surface area contributed by atoms with Crippen LogP contribution in [0.4, 0.5) is 5.69 Å². The summed E-state index contributed by atoms with van der Waals surface area (Å²) in [6, 6.07) is 8.87. The fraction of sp³-hybridized carbons (Fsp3) is 0.536. The van der Waals surface area contributed by atoms with Crippen LogP contribution >= 0.6 is 0 Å². The van der Waals surface area contributed by atoms with Crippen LogP contribution in [-0.2, 0) is 11.3 Å². The molecule has 0 saturated carbocycles. The molecule has 2 aromatic rings. The molecule has 2 heterocycles. The molecule has 0 radical (unpaired) electrons. The molecule has 0 spiro atoms. The Balaban J connectivity index is 1.82. The molecule has 3 rings (SSSR count). The van der Waals surface area contributed by atoms with Crippen molar-refractivity contribution in [3.8, 4) is 5.75 Å². The molecule has 0 unspecified atom stereocenters. The summed E-state index contributed by atoms with van der Waals surface area (Å²) in [6.07, 6.45) is 4.54. The molecule has 1 aromatic carbocycles. The maximum absolute atomic E-state index is 13.6. The number of hydrogen-bond acceptors (Lipinski definition) is 7. The summed E-state index contributed by atoms with van der Waals surface area (Å²) in [5.41, 5.74) is 2.11. The Morgan fingerprint density at radius 1 is 1.24 bits per heavy atom. The van der Waals surface area contributed by atoms with Gasteiger partial charge in [-0.05, 0) is 76.9 Å². The fourth-order valence-corrected chi connectivity index (χ4v) is 4.47. The maximum atomic E-state index is 13.6. The van der Waals surface area contributed by atoms with Crippen molar-refractivity contribution in [2.45, 2.75) is 45.4 Å². The van der Waals surface area contributed by atoms with Crippen molar-refractivity contribution in [2.75, 3.05) is 52.7 Å². The summed E-state index contributed by atoms with van der Waals surface area (Å²) >= 11 is 0. The van der Waals surface area contributed by atoms with Gasteiger partial charge in [-0.2, -0.15) is 0 Å². The Kier molecular flexibility index (Phi) is 10.4. The number of nitrogens with zero attached hydrogens (tertiary/aromatic N) is 4. The van der Waals surface area contributed by atoms with Crippen LogP contribution in [0.3, 0.4) is 0 Å². The molecule has 1 aromatic heterocycles. The molecule has 9 nitrogen and oxygen atoms in total. The molecule has 0 bridgehead atoms. The van der Waals surface area contributed by atoms with Gasteiger partial charge in [0.05, 0.1) is 18.2 Å². The summed E-state index contributed by atoms with van der Waals surface area (Å²) in [6.45, 7) is 6.46. The summed E-state index contributed by atoms with van der Waals surface area (Å²) in [5.74, 6) is 0.211. The van der Waals surface area contributed by atoms with E-state index in [0.717, 1.165) is 25.1 Å². The first-order valence-corrected chi connectivity index (χ1v) is 12.9. The Morgan fingerprint density at radius 3 is 2.65 bits per heavy atom. The molecular formula is C28H41N5O4. The van der Waals surface area contributed by atoms with Crippen molar-refractivity contribution >= 4 is 17.5 Å². The standard InChI is InChI=1S/C28H41N5O4/c1-20-16-33(21(2)19-34)28(36)24-15-23(30-27(35)7-6-14-31(3)4)8-9-25(24)37-26(20)18-32(5)17-22-10-12-29-13-11-22/h8-13,15,20-21,26,34H,6-7,14,16-19H2,1-5H3,(H,30,35)/t20-,21-,26+/m1/s1.